The molecule has 23 heavy (non-hydrogen) atoms. The Kier molecular flexibility index (Phi) is 3.49. The summed E-state index contributed by atoms with van der Waals surface area (Å²) in [6, 6.07) is 0.861. The predicted octanol–water partition coefficient (Wildman–Crippen LogP) is 3.15. The fraction of sp³-hybridized carbons (Fsp3) is 0.467. The Balaban J connectivity index is 1.92. The minimum atomic E-state index is -1.04. The van der Waals surface area contributed by atoms with Gasteiger partial charge in [0.15, 0.2) is 0 Å². The smallest absolute Gasteiger partial charge is 0.311 e. The molecule has 3 atom stereocenters. The van der Waals surface area contributed by atoms with Gasteiger partial charge in [0.1, 0.15) is 17.8 Å². The summed E-state index contributed by atoms with van der Waals surface area (Å²) in [5.74, 6) is -0.503. The first-order chi connectivity index (χ1) is 11.0. The van der Waals surface area contributed by atoms with Crippen molar-refractivity contribution in [3.05, 3.63) is 28.0 Å². The first kappa shape index (κ1) is 15.1. The molecule has 2 aromatic rings. The van der Waals surface area contributed by atoms with Crippen LogP contribution in [0, 0.1) is 24.7 Å². The average molecular weight is 388 g/mol. The monoisotopic (exact) mass is 387 g/mol. The van der Waals surface area contributed by atoms with Crippen LogP contribution in [0.1, 0.15) is 5.56 Å². The Hall–Kier alpha value is -1.41. The number of fused-ring (bicyclic) bond motifs is 2. The van der Waals surface area contributed by atoms with Gasteiger partial charge in [0.25, 0.3) is 0 Å². The second-order valence-corrected chi connectivity index (χ2v) is 6.67. The zero-order chi connectivity index (χ0) is 16.3. The summed E-state index contributed by atoms with van der Waals surface area (Å²) >= 11 is 3.14. The zero-order valence-electron chi connectivity index (χ0n) is 12.2. The van der Waals surface area contributed by atoms with Crippen molar-refractivity contribution in [2.75, 3.05) is 24.7 Å². The normalized spacial score (nSPS) is 27.0. The van der Waals surface area contributed by atoms with Crippen LogP contribution in [0.5, 0.6) is 0 Å². The molecule has 2 fully saturated rings. The number of hydrogen-bond acceptors (Lipinski definition) is 4. The second kappa shape index (κ2) is 5.31. The van der Waals surface area contributed by atoms with Crippen LogP contribution < -0.4 is 4.90 Å². The minimum absolute atomic E-state index is 0.225. The van der Waals surface area contributed by atoms with Gasteiger partial charge in [0, 0.05) is 17.8 Å². The molecule has 0 spiro atoms. The van der Waals surface area contributed by atoms with Crippen LogP contribution in [0.4, 0.5) is 19.0 Å². The van der Waals surface area contributed by atoms with Crippen molar-refractivity contribution >= 4 is 32.7 Å². The Morgan fingerprint density at radius 1 is 1.35 bits per heavy atom. The Morgan fingerprint density at radius 2 is 2.13 bits per heavy atom. The van der Waals surface area contributed by atoms with Gasteiger partial charge in [-0.05, 0) is 34.5 Å². The summed E-state index contributed by atoms with van der Waals surface area (Å²) in [6.45, 7) is 2.76. The fourth-order valence-electron chi connectivity index (χ4n) is 3.23. The van der Waals surface area contributed by atoms with Crippen LogP contribution in [-0.2, 0) is 4.74 Å². The molecule has 0 bridgehead atoms. The van der Waals surface area contributed by atoms with E-state index in [9.17, 15) is 13.2 Å². The van der Waals surface area contributed by atoms with Gasteiger partial charge in [-0.25, -0.2) is 13.8 Å². The van der Waals surface area contributed by atoms with Gasteiger partial charge >= 0.3 is 6.08 Å². The van der Waals surface area contributed by atoms with Gasteiger partial charge in [-0.1, -0.05) is 0 Å². The number of halogens is 4. The summed E-state index contributed by atoms with van der Waals surface area (Å²) in [6.07, 6.45) is -1.95. The summed E-state index contributed by atoms with van der Waals surface area (Å²) in [5.41, 5.74) is 0.802. The maximum atomic E-state index is 14.1. The van der Waals surface area contributed by atoms with E-state index in [1.807, 2.05) is 0 Å². The van der Waals surface area contributed by atoms with Gasteiger partial charge in [-0.3, -0.25) is 0 Å². The van der Waals surface area contributed by atoms with Gasteiger partial charge in [-0.15, -0.1) is 0 Å². The molecular weight excluding hydrogens is 375 g/mol. The van der Waals surface area contributed by atoms with Gasteiger partial charge in [0.05, 0.1) is 29.2 Å². The van der Waals surface area contributed by atoms with E-state index in [0.29, 0.717) is 36.2 Å². The maximum absolute atomic E-state index is 14.1. The number of hydrogen-bond donors (Lipinski definition) is 0. The topological polar surface area (TPSA) is 38.2 Å². The Morgan fingerprint density at radius 3 is 2.91 bits per heavy atom. The molecule has 8 heteroatoms. The number of ether oxygens (including phenoxy) is 1. The molecule has 4 rings (SSSR count). The number of aromatic nitrogens is 2. The molecule has 1 saturated carbocycles. The molecule has 122 valence electrons. The molecule has 1 unspecified atom stereocenters. The summed E-state index contributed by atoms with van der Waals surface area (Å²) in [4.78, 5) is 9.30. The lowest BCUT2D eigenvalue weighted by molar-refractivity contribution is 0.130. The van der Waals surface area contributed by atoms with Crippen molar-refractivity contribution in [3.63, 3.8) is 0 Å². The lowest BCUT2D eigenvalue weighted by Crippen LogP contribution is -2.31. The number of aryl methyl sites for hydroxylation is 1. The van der Waals surface area contributed by atoms with Crippen molar-refractivity contribution < 1.29 is 17.9 Å². The van der Waals surface area contributed by atoms with E-state index < -0.39 is 24.1 Å². The van der Waals surface area contributed by atoms with Crippen LogP contribution in [0.15, 0.2) is 10.5 Å². The van der Waals surface area contributed by atoms with Gasteiger partial charge < -0.3 is 9.64 Å². The summed E-state index contributed by atoms with van der Waals surface area (Å²) in [5, 5.41) is 0.379. The molecule has 2 aliphatic rings. The summed E-state index contributed by atoms with van der Waals surface area (Å²) in [7, 11) is 0. The third-order valence-electron chi connectivity index (χ3n) is 4.52. The highest BCUT2D eigenvalue weighted by molar-refractivity contribution is 9.10. The molecule has 1 aliphatic carbocycles. The number of anilines is 1. The lowest BCUT2D eigenvalue weighted by Gasteiger charge is -2.24. The van der Waals surface area contributed by atoms with Crippen molar-refractivity contribution in [3.8, 4) is 0 Å². The molecule has 2 heterocycles. The number of alkyl halides is 1. The molecule has 0 N–H and O–H groups in total. The van der Waals surface area contributed by atoms with Crippen molar-refractivity contribution in [2.45, 2.75) is 19.1 Å². The Bertz CT molecular complexity index is 803. The lowest BCUT2D eigenvalue weighted by atomic mass is 10.1. The average Bonchev–Trinajstić information content (AvgIpc) is 3.21. The third kappa shape index (κ3) is 2.30. The molecule has 1 aromatic heterocycles. The molecule has 1 saturated heterocycles. The van der Waals surface area contributed by atoms with Gasteiger partial charge in [-0.2, -0.15) is 9.37 Å². The molecule has 1 aromatic carbocycles. The number of rotatable bonds is 1. The third-order valence-corrected chi connectivity index (χ3v) is 5.49. The van der Waals surface area contributed by atoms with E-state index in [-0.39, 0.29) is 16.2 Å². The van der Waals surface area contributed by atoms with E-state index >= 15 is 0 Å². The van der Waals surface area contributed by atoms with Crippen LogP contribution >= 0.6 is 15.9 Å². The highest BCUT2D eigenvalue weighted by Crippen LogP contribution is 2.44. The SMILES string of the molecule is Cc1c(Br)c(F)cc2c(N3CCOCC4[C@H](F)[C@H]43)nc(F)nc12. The van der Waals surface area contributed by atoms with E-state index in [4.69, 9.17) is 4.74 Å². The quantitative estimate of drug-likeness (QED) is 0.704. The van der Waals surface area contributed by atoms with Crippen LogP contribution in [0.3, 0.4) is 0 Å². The zero-order valence-corrected chi connectivity index (χ0v) is 13.8. The van der Waals surface area contributed by atoms with Crippen LogP contribution in [-0.4, -0.2) is 41.9 Å². The van der Waals surface area contributed by atoms with Crippen LogP contribution in [0.2, 0.25) is 0 Å². The van der Waals surface area contributed by atoms with Gasteiger partial charge in [0.2, 0.25) is 0 Å². The maximum Gasteiger partial charge on any atom is 0.311 e. The van der Waals surface area contributed by atoms with Crippen molar-refractivity contribution in [1.82, 2.24) is 9.97 Å². The van der Waals surface area contributed by atoms with Crippen LogP contribution in [0.25, 0.3) is 10.9 Å². The summed E-state index contributed by atoms with van der Waals surface area (Å²) < 4.78 is 47.6. The van der Waals surface area contributed by atoms with Crippen molar-refractivity contribution in [2.24, 2.45) is 5.92 Å². The first-order valence-electron chi connectivity index (χ1n) is 7.29. The molecule has 0 amide bonds. The molecule has 1 aliphatic heterocycles. The highest BCUT2D eigenvalue weighted by atomic mass is 79.9. The van der Waals surface area contributed by atoms with E-state index in [2.05, 4.69) is 25.9 Å². The largest absolute Gasteiger partial charge is 0.379 e. The van der Waals surface area contributed by atoms with Crippen molar-refractivity contribution in [1.29, 1.82) is 0 Å². The van der Waals surface area contributed by atoms with E-state index in [1.165, 1.54) is 6.07 Å². The first-order valence-corrected chi connectivity index (χ1v) is 8.08. The Labute approximate surface area is 138 Å². The standard InChI is InChI=1S/C15H13BrF3N3O/c1-6-10(16)9(17)4-7-12(6)20-15(19)21-14(7)22-2-3-23-5-8-11(18)13(8)22/h4,8,11,13H,2-3,5H2,1H3/t8?,11-,13-/m0/s1. The minimum Gasteiger partial charge on any atom is -0.379 e. The fourth-order valence-corrected chi connectivity index (χ4v) is 3.53. The molecule has 0 radical (unpaired) electrons. The number of nitrogens with zero attached hydrogens (tertiary/aromatic N) is 3. The molecular formula is C15H13BrF3N3O. The second-order valence-electron chi connectivity index (χ2n) is 5.88. The van der Waals surface area contributed by atoms with E-state index in [1.54, 1.807) is 11.8 Å². The predicted molar refractivity (Wildman–Crippen MR) is 82.2 cm³/mol. The number of benzene rings is 1. The molecule has 4 nitrogen and oxygen atoms in total. The highest BCUT2D eigenvalue weighted by Gasteiger charge is 2.56. The van der Waals surface area contributed by atoms with E-state index in [0.717, 1.165) is 0 Å².